The number of hydrogen-bond acceptors (Lipinski definition) is 3. The van der Waals surface area contributed by atoms with Crippen LogP contribution in [0.3, 0.4) is 0 Å². The molecule has 0 radical (unpaired) electrons. The molecule has 0 aliphatic carbocycles. The topological polar surface area (TPSA) is 54.5 Å². The van der Waals surface area contributed by atoms with Crippen LogP contribution < -0.4 is 0 Å². The van der Waals surface area contributed by atoms with E-state index in [4.69, 9.17) is 11.6 Å². The van der Waals surface area contributed by atoms with Crippen LogP contribution in [0.2, 0.25) is 5.02 Å². The van der Waals surface area contributed by atoms with Crippen LogP contribution in [-0.4, -0.2) is 36.8 Å². The smallest absolute Gasteiger partial charge is 0.254 e. The van der Waals surface area contributed by atoms with Gasteiger partial charge >= 0.3 is 0 Å². The van der Waals surface area contributed by atoms with Gasteiger partial charge in [-0.05, 0) is 42.7 Å². The van der Waals surface area contributed by atoms with E-state index in [1.165, 1.54) is 0 Å². The molecule has 0 aromatic heterocycles. The second kappa shape index (κ2) is 7.18. The number of nitrogens with zero attached hydrogens (tertiary/aromatic N) is 1. The summed E-state index contributed by atoms with van der Waals surface area (Å²) >= 11 is 6.06. The maximum atomic E-state index is 13.2. The van der Waals surface area contributed by atoms with Gasteiger partial charge in [0, 0.05) is 23.2 Å². The number of aryl methyl sites for hydroxylation is 1. The molecule has 1 atom stereocenters. The molecule has 1 unspecified atom stereocenters. The van der Waals surface area contributed by atoms with Gasteiger partial charge in [-0.15, -0.1) is 0 Å². The third-order valence-electron chi connectivity index (χ3n) is 4.53. The Morgan fingerprint density at radius 2 is 1.96 bits per heavy atom. The molecular weight excluding hydrogens is 358 g/mol. The van der Waals surface area contributed by atoms with Crippen LogP contribution in [-0.2, 0) is 16.4 Å². The zero-order chi connectivity index (χ0) is 18.0. The van der Waals surface area contributed by atoms with Crippen molar-refractivity contribution < 1.29 is 13.2 Å². The lowest BCUT2D eigenvalue weighted by atomic mass is 10.1. The minimum atomic E-state index is -3.09. The summed E-state index contributed by atoms with van der Waals surface area (Å²) in [6.07, 6.45) is 0.473. The third kappa shape index (κ3) is 4.22. The molecule has 1 heterocycles. The molecule has 132 valence electrons. The fourth-order valence-electron chi connectivity index (χ4n) is 3.19. The summed E-state index contributed by atoms with van der Waals surface area (Å²) < 4.78 is 23.8. The van der Waals surface area contributed by atoms with E-state index in [2.05, 4.69) is 0 Å². The highest BCUT2D eigenvalue weighted by molar-refractivity contribution is 7.91. The van der Waals surface area contributed by atoms with Gasteiger partial charge in [-0.3, -0.25) is 4.79 Å². The van der Waals surface area contributed by atoms with Crippen molar-refractivity contribution in [3.05, 3.63) is 70.2 Å². The number of carbonyl (C=O) groups excluding carboxylic acids is 1. The number of halogens is 1. The molecule has 1 aliphatic heterocycles. The zero-order valence-corrected chi connectivity index (χ0v) is 15.6. The van der Waals surface area contributed by atoms with Crippen molar-refractivity contribution >= 4 is 27.3 Å². The van der Waals surface area contributed by atoms with Crippen molar-refractivity contribution in [1.29, 1.82) is 0 Å². The van der Waals surface area contributed by atoms with E-state index in [1.54, 1.807) is 17.0 Å². The van der Waals surface area contributed by atoms with Crippen molar-refractivity contribution in [1.82, 2.24) is 4.90 Å². The number of sulfone groups is 1. The summed E-state index contributed by atoms with van der Waals surface area (Å²) in [5.74, 6) is 0.0100. The molecule has 25 heavy (non-hydrogen) atoms. The van der Waals surface area contributed by atoms with Gasteiger partial charge in [0.05, 0.1) is 11.5 Å². The standard InChI is InChI=1S/C19H20ClNO3S/c1-14-5-2-3-8-18(14)19(22)21(17-9-10-25(23,24)13-17)12-15-6-4-7-16(20)11-15/h2-8,11,17H,9-10,12-13H2,1H3. The first-order valence-electron chi connectivity index (χ1n) is 8.17. The zero-order valence-electron chi connectivity index (χ0n) is 14.0. The second-order valence-electron chi connectivity index (χ2n) is 6.43. The van der Waals surface area contributed by atoms with Crippen LogP contribution in [0.4, 0.5) is 0 Å². The molecule has 1 fully saturated rings. The van der Waals surface area contributed by atoms with Gasteiger partial charge in [0.1, 0.15) is 0 Å². The van der Waals surface area contributed by atoms with E-state index in [-0.39, 0.29) is 23.5 Å². The summed E-state index contributed by atoms with van der Waals surface area (Å²) in [5, 5.41) is 0.597. The Morgan fingerprint density at radius 3 is 2.60 bits per heavy atom. The van der Waals surface area contributed by atoms with E-state index in [9.17, 15) is 13.2 Å². The molecule has 1 saturated heterocycles. The van der Waals surface area contributed by atoms with Crippen LogP contribution in [0.15, 0.2) is 48.5 Å². The molecule has 3 rings (SSSR count). The molecule has 0 spiro atoms. The van der Waals surface area contributed by atoms with Crippen molar-refractivity contribution in [3.63, 3.8) is 0 Å². The number of amides is 1. The Hall–Kier alpha value is -1.85. The normalized spacial score (nSPS) is 18.9. The highest BCUT2D eigenvalue weighted by Gasteiger charge is 2.35. The van der Waals surface area contributed by atoms with Crippen LogP contribution >= 0.6 is 11.6 Å². The van der Waals surface area contributed by atoms with Crippen LogP contribution in [0.5, 0.6) is 0 Å². The molecular formula is C19H20ClNO3S. The molecule has 4 nitrogen and oxygen atoms in total. The highest BCUT2D eigenvalue weighted by Crippen LogP contribution is 2.24. The lowest BCUT2D eigenvalue weighted by Crippen LogP contribution is -2.40. The third-order valence-corrected chi connectivity index (χ3v) is 6.51. The van der Waals surface area contributed by atoms with E-state index >= 15 is 0 Å². The predicted octanol–water partition coefficient (Wildman–Crippen LogP) is 3.48. The van der Waals surface area contributed by atoms with Gasteiger partial charge in [-0.2, -0.15) is 0 Å². The Labute approximate surface area is 153 Å². The Morgan fingerprint density at radius 1 is 1.20 bits per heavy atom. The molecule has 1 amide bonds. The van der Waals surface area contributed by atoms with Gasteiger partial charge in [-0.25, -0.2) is 8.42 Å². The quantitative estimate of drug-likeness (QED) is 0.819. The van der Waals surface area contributed by atoms with Crippen molar-refractivity contribution in [3.8, 4) is 0 Å². The molecule has 1 aliphatic rings. The first kappa shape index (κ1) is 18.0. The molecule has 6 heteroatoms. The van der Waals surface area contributed by atoms with Crippen molar-refractivity contribution in [2.24, 2.45) is 0 Å². The van der Waals surface area contributed by atoms with Crippen molar-refractivity contribution in [2.45, 2.75) is 25.9 Å². The summed E-state index contributed by atoms with van der Waals surface area (Å²) in [7, 11) is -3.09. The summed E-state index contributed by atoms with van der Waals surface area (Å²) in [6.45, 7) is 2.23. The van der Waals surface area contributed by atoms with Gasteiger partial charge in [-0.1, -0.05) is 41.9 Å². The van der Waals surface area contributed by atoms with Crippen LogP contribution in [0.25, 0.3) is 0 Å². The Kier molecular flexibility index (Phi) is 5.16. The summed E-state index contributed by atoms with van der Waals surface area (Å²) in [5.41, 5.74) is 2.37. The first-order valence-corrected chi connectivity index (χ1v) is 10.4. The average molecular weight is 378 g/mol. The van der Waals surface area contributed by atoms with Gasteiger partial charge in [0.25, 0.3) is 5.91 Å². The lowest BCUT2D eigenvalue weighted by Gasteiger charge is -2.29. The van der Waals surface area contributed by atoms with E-state index in [0.717, 1.165) is 11.1 Å². The second-order valence-corrected chi connectivity index (χ2v) is 9.10. The van der Waals surface area contributed by atoms with Gasteiger partial charge in [0.15, 0.2) is 9.84 Å². The lowest BCUT2D eigenvalue weighted by molar-refractivity contribution is 0.0680. The molecule has 0 bridgehead atoms. The van der Waals surface area contributed by atoms with Gasteiger partial charge < -0.3 is 4.90 Å². The minimum absolute atomic E-state index is 0.0190. The molecule has 2 aromatic rings. The maximum Gasteiger partial charge on any atom is 0.254 e. The largest absolute Gasteiger partial charge is 0.330 e. The number of carbonyl (C=O) groups is 1. The predicted molar refractivity (Wildman–Crippen MR) is 99.6 cm³/mol. The van der Waals surface area contributed by atoms with E-state index in [0.29, 0.717) is 23.6 Å². The summed E-state index contributed by atoms with van der Waals surface area (Å²) in [4.78, 5) is 14.8. The monoisotopic (exact) mass is 377 g/mol. The molecule has 0 saturated carbocycles. The number of hydrogen-bond donors (Lipinski definition) is 0. The van der Waals surface area contributed by atoms with E-state index in [1.807, 2.05) is 43.3 Å². The average Bonchev–Trinajstić information content (AvgIpc) is 2.92. The molecule has 0 N–H and O–H groups in total. The Balaban J connectivity index is 1.94. The van der Waals surface area contributed by atoms with Crippen molar-refractivity contribution in [2.75, 3.05) is 11.5 Å². The highest BCUT2D eigenvalue weighted by atomic mass is 35.5. The van der Waals surface area contributed by atoms with Crippen LogP contribution in [0.1, 0.15) is 27.9 Å². The van der Waals surface area contributed by atoms with Crippen LogP contribution in [0, 0.1) is 6.92 Å². The fourth-order valence-corrected chi connectivity index (χ4v) is 5.13. The SMILES string of the molecule is Cc1ccccc1C(=O)N(Cc1cccc(Cl)c1)C1CCS(=O)(=O)C1. The van der Waals surface area contributed by atoms with E-state index < -0.39 is 9.84 Å². The fraction of sp³-hybridized carbons (Fsp3) is 0.316. The summed E-state index contributed by atoms with van der Waals surface area (Å²) in [6, 6.07) is 14.4. The number of benzene rings is 2. The minimum Gasteiger partial charge on any atom is -0.330 e. The Bertz CT molecular complexity index is 895. The maximum absolute atomic E-state index is 13.2. The molecule has 2 aromatic carbocycles. The first-order chi connectivity index (χ1) is 11.9. The number of rotatable bonds is 4. The van der Waals surface area contributed by atoms with Gasteiger partial charge in [0.2, 0.25) is 0 Å².